The molecule has 1 spiro atoms. The van der Waals surface area contributed by atoms with Gasteiger partial charge >= 0.3 is 0 Å². The molecule has 5 heteroatoms. The van der Waals surface area contributed by atoms with E-state index < -0.39 is 0 Å². The largest absolute Gasteiger partial charge is 0.359 e. The van der Waals surface area contributed by atoms with E-state index >= 15 is 0 Å². The number of hydrogen-bond acceptors (Lipinski definition) is 2. The van der Waals surface area contributed by atoms with E-state index in [0.29, 0.717) is 24.2 Å². The Morgan fingerprint density at radius 2 is 2.00 bits per heavy atom. The van der Waals surface area contributed by atoms with Crippen LogP contribution in [0.15, 0.2) is 18.2 Å². The van der Waals surface area contributed by atoms with Crippen molar-refractivity contribution < 1.29 is 14.0 Å². The normalized spacial score (nSPS) is 22.6. The van der Waals surface area contributed by atoms with Gasteiger partial charge < -0.3 is 10.2 Å². The molecule has 3 rings (SSSR count). The Labute approximate surface area is 136 Å². The number of nitrogens with one attached hydrogen (secondary N) is 1. The van der Waals surface area contributed by atoms with E-state index in [9.17, 15) is 14.0 Å². The molecule has 0 radical (unpaired) electrons. The molecule has 1 saturated carbocycles. The van der Waals surface area contributed by atoms with Gasteiger partial charge in [-0.25, -0.2) is 4.39 Å². The highest BCUT2D eigenvalue weighted by Crippen LogP contribution is 2.49. The van der Waals surface area contributed by atoms with E-state index in [1.807, 2.05) is 0 Å². The lowest BCUT2D eigenvalue weighted by Crippen LogP contribution is -2.38. The lowest BCUT2D eigenvalue weighted by molar-refractivity contribution is -0.127. The number of aryl methyl sites for hydroxylation is 1. The van der Waals surface area contributed by atoms with Gasteiger partial charge in [0.1, 0.15) is 5.82 Å². The average Bonchev–Trinajstić information content (AvgIpc) is 3.17. The molecule has 0 bridgehead atoms. The van der Waals surface area contributed by atoms with Crippen LogP contribution in [0.1, 0.15) is 41.6 Å². The fraction of sp³-hybridized carbons (Fsp3) is 0.556. The summed E-state index contributed by atoms with van der Waals surface area (Å²) in [4.78, 5) is 26.7. The standard InChI is InChI=1S/C18H23FN2O2/c1-12-5-6-13(9-15(12)19)17(23)21-10-14(16(22)20-2)18(11-21)7-3-4-8-18/h5-6,9,14H,3-4,7-8,10-11H2,1-2H3,(H,20,22)/t14-/m0/s1. The fourth-order valence-corrected chi connectivity index (χ4v) is 4.15. The molecule has 124 valence electrons. The van der Waals surface area contributed by atoms with Gasteiger partial charge in [-0.2, -0.15) is 0 Å². The summed E-state index contributed by atoms with van der Waals surface area (Å²) in [5, 5.41) is 2.74. The summed E-state index contributed by atoms with van der Waals surface area (Å²) < 4.78 is 13.7. The van der Waals surface area contributed by atoms with Gasteiger partial charge in [0, 0.05) is 31.1 Å². The molecule has 1 atom stereocenters. The van der Waals surface area contributed by atoms with E-state index in [-0.39, 0.29) is 29.0 Å². The van der Waals surface area contributed by atoms with Crippen LogP contribution in [0.25, 0.3) is 0 Å². The predicted octanol–water partition coefficient (Wildman–Crippen LogP) is 2.51. The smallest absolute Gasteiger partial charge is 0.253 e. The summed E-state index contributed by atoms with van der Waals surface area (Å²) in [6.45, 7) is 2.70. The quantitative estimate of drug-likeness (QED) is 0.911. The molecule has 0 aromatic heterocycles. The van der Waals surface area contributed by atoms with Crippen LogP contribution in [0.2, 0.25) is 0 Å². The second-order valence-corrected chi connectivity index (χ2v) is 6.89. The monoisotopic (exact) mass is 318 g/mol. The Morgan fingerprint density at radius 1 is 1.30 bits per heavy atom. The Morgan fingerprint density at radius 3 is 2.61 bits per heavy atom. The van der Waals surface area contributed by atoms with E-state index in [1.54, 1.807) is 31.0 Å². The Balaban J connectivity index is 1.85. The maximum atomic E-state index is 13.7. The van der Waals surface area contributed by atoms with Crippen molar-refractivity contribution in [2.75, 3.05) is 20.1 Å². The van der Waals surface area contributed by atoms with Crippen LogP contribution in [0.5, 0.6) is 0 Å². The number of hydrogen-bond donors (Lipinski definition) is 1. The number of likely N-dealkylation sites (tertiary alicyclic amines) is 1. The maximum Gasteiger partial charge on any atom is 0.253 e. The minimum Gasteiger partial charge on any atom is -0.359 e. The van der Waals surface area contributed by atoms with Crippen molar-refractivity contribution in [3.8, 4) is 0 Å². The third kappa shape index (κ3) is 2.73. The van der Waals surface area contributed by atoms with E-state index in [0.717, 1.165) is 25.7 Å². The fourth-order valence-electron chi connectivity index (χ4n) is 4.15. The number of nitrogens with zero attached hydrogens (tertiary/aromatic N) is 1. The first-order valence-corrected chi connectivity index (χ1v) is 8.24. The molecule has 2 fully saturated rings. The van der Waals surface area contributed by atoms with Gasteiger partial charge in [-0.1, -0.05) is 18.9 Å². The SMILES string of the molecule is CNC(=O)[C@@H]1CN(C(=O)c2ccc(C)c(F)c2)CC12CCCC2. The predicted molar refractivity (Wildman–Crippen MR) is 85.5 cm³/mol. The van der Waals surface area contributed by atoms with Crippen LogP contribution in [0.3, 0.4) is 0 Å². The zero-order valence-corrected chi connectivity index (χ0v) is 13.7. The molecule has 1 aliphatic carbocycles. The number of rotatable bonds is 2. The average molecular weight is 318 g/mol. The molecular formula is C18H23FN2O2. The first-order valence-electron chi connectivity index (χ1n) is 8.24. The summed E-state index contributed by atoms with van der Waals surface area (Å²) in [7, 11) is 1.64. The molecule has 23 heavy (non-hydrogen) atoms. The third-order valence-corrected chi connectivity index (χ3v) is 5.52. The van der Waals surface area contributed by atoms with Gasteiger partial charge in [0.15, 0.2) is 0 Å². The van der Waals surface area contributed by atoms with E-state index in [1.165, 1.54) is 6.07 Å². The van der Waals surface area contributed by atoms with Crippen LogP contribution in [-0.2, 0) is 4.79 Å². The second kappa shape index (κ2) is 5.95. The number of halogens is 1. The Bertz CT molecular complexity index is 638. The number of amides is 2. The molecule has 1 N–H and O–H groups in total. The van der Waals surface area contributed by atoms with Crippen LogP contribution in [0.4, 0.5) is 4.39 Å². The molecule has 1 aliphatic heterocycles. The Hall–Kier alpha value is -1.91. The van der Waals surface area contributed by atoms with Crippen molar-refractivity contribution in [3.63, 3.8) is 0 Å². The molecular weight excluding hydrogens is 295 g/mol. The molecule has 1 heterocycles. The number of carbonyl (C=O) groups is 2. The minimum absolute atomic E-state index is 0.0114. The van der Waals surface area contributed by atoms with Crippen molar-refractivity contribution >= 4 is 11.8 Å². The van der Waals surface area contributed by atoms with E-state index in [2.05, 4.69) is 5.32 Å². The van der Waals surface area contributed by atoms with Gasteiger partial charge in [0.2, 0.25) is 5.91 Å². The number of carbonyl (C=O) groups excluding carboxylic acids is 2. The Kier molecular flexibility index (Phi) is 4.13. The van der Waals surface area contributed by atoms with Gasteiger partial charge in [0.05, 0.1) is 5.92 Å². The highest BCUT2D eigenvalue weighted by atomic mass is 19.1. The minimum atomic E-state index is -0.367. The van der Waals surface area contributed by atoms with Crippen LogP contribution < -0.4 is 5.32 Å². The second-order valence-electron chi connectivity index (χ2n) is 6.89. The van der Waals surface area contributed by atoms with Crippen LogP contribution in [0, 0.1) is 24.1 Å². The van der Waals surface area contributed by atoms with Crippen molar-refractivity contribution in [2.45, 2.75) is 32.6 Å². The van der Waals surface area contributed by atoms with Crippen molar-refractivity contribution in [1.29, 1.82) is 0 Å². The summed E-state index contributed by atoms with van der Waals surface area (Å²) in [5.41, 5.74) is 0.788. The first-order chi connectivity index (χ1) is 11.0. The van der Waals surface area contributed by atoms with Gasteiger partial charge in [0.25, 0.3) is 5.91 Å². The van der Waals surface area contributed by atoms with Crippen LogP contribution in [-0.4, -0.2) is 36.9 Å². The molecule has 1 aromatic carbocycles. The first kappa shape index (κ1) is 16.0. The molecule has 2 aliphatic rings. The third-order valence-electron chi connectivity index (χ3n) is 5.52. The molecule has 4 nitrogen and oxygen atoms in total. The van der Waals surface area contributed by atoms with Gasteiger partial charge in [-0.15, -0.1) is 0 Å². The van der Waals surface area contributed by atoms with Gasteiger partial charge in [-0.3, -0.25) is 9.59 Å². The number of benzene rings is 1. The van der Waals surface area contributed by atoms with Crippen molar-refractivity contribution in [1.82, 2.24) is 10.2 Å². The molecule has 1 saturated heterocycles. The highest BCUT2D eigenvalue weighted by Gasteiger charge is 2.52. The van der Waals surface area contributed by atoms with Crippen molar-refractivity contribution in [2.24, 2.45) is 11.3 Å². The van der Waals surface area contributed by atoms with E-state index in [4.69, 9.17) is 0 Å². The van der Waals surface area contributed by atoms with Gasteiger partial charge in [-0.05, 0) is 37.5 Å². The molecule has 1 aromatic rings. The lowest BCUT2D eigenvalue weighted by Gasteiger charge is -2.28. The highest BCUT2D eigenvalue weighted by molar-refractivity contribution is 5.95. The summed E-state index contributed by atoms with van der Waals surface area (Å²) in [6, 6.07) is 4.59. The zero-order valence-electron chi connectivity index (χ0n) is 13.7. The maximum absolute atomic E-state index is 13.7. The zero-order chi connectivity index (χ0) is 16.6. The van der Waals surface area contributed by atoms with Crippen LogP contribution >= 0.6 is 0 Å². The summed E-state index contributed by atoms with van der Waals surface area (Å²) in [6.07, 6.45) is 4.18. The molecule has 0 unspecified atom stereocenters. The topological polar surface area (TPSA) is 49.4 Å². The summed E-state index contributed by atoms with van der Waals surface area (Å²) in [5.74, 6) is -0.693. The van der Waals surface area contributed by atoms with Crippen molar-refractivity contribution in [3.05, 3.63) is 35.1 Å². The molecule has 2 amide bonds. The lowest BCUT2D eigenvalue weighted by atomic mass is 9.76. The summed E-state index contributed by atoms with van der Waals surface area (Å²) >= 11 is 0.